The molecule has 1 heterocycles. The molecule has 1 amide bonds. The van der Waals surface area contributed by atoms with Crippen molar-refractivity contribution < 1.29 is 9.18 Å². The fourth-order valence-electron chi connectivity index (χ4n) is 3.89. The zero-order valence-electron chi connectivity index (χ0n) is 18.5. The molecule has 1 aromatic rings. The largest absolute Gasteiger partial charge is 0.355 e. The van der Waals surface area contributed by atoms with Gasteiger partial charge in [0, 0.05) is 64.5 Å². The molecule has 1 saturated heterocycles. The molecular formula is C22H35FIN5OS. The third kappa shape index (κ3) is 7.78. The number of guanidine groups is 1. The maximum atomic E-state index is 13.5. The molecule has 9 heteroatoms. The number of rotatable bonds is 8. The molecule has 3 rings (SSSR count). The average Bonchev–Trinajstić information content (AvgIpc) is 2.71. The Bertz CT molecular complexity index is 739. The average molecular weight is 564 g/mol. The third-order valence-corrected chi connectivity index (χ3v) is 6.60. The minimum atomic E-state index is -0.195. The molecule has 2 N–H and O–H groups in total. The number of amides is 1. The molecule has 0 radical (unpaired) electrons. The number of benzene rings is 1. The van der Waals surface area contributed by atoms with Crippen molar-refractivity contribution >= 4 is 47.6 Å². The highest BCUT2D eigenvalue weighted by molar-refractivity contribution is 14.0. The number of hydrogen-bond donors (Lipinski definition) is 2. The van der Waals surface area contributed by atoms with Gasteiger partial charge in [0.2, 0.25) is 5.91 Å². The van der Waals surface area contributed by atoms with Crippen LogP contribution in [0.4, 0.5) is 4.39 Å². The lowest BCUT2D eigenvalue weighted by atomic mass is 9.84. The number of nitrogens with one attached hydrogen (secondary N) is 2. The van der Waals surface area contributed by atoms with E-state index in [1.165, 1.54) is 12.5 Å². The predicted octanol–water partition coefficient (Wildman–Crippen LogP) is 2.92. The number of carbonyl (C=O) groups excluding carboxylic acids is 1. The maximum Gasteiger partial charge on any atom is 0.225 e. The van der Waals surface area contributed by atoms with Crippen LogP contribution in [0.25, 0.3) is 0 Å². The van der Waals surface area contributed by atoms with Gasteiger partial charge in [0.05, 0.1) is 0 Å². The van der Waals surface area contributed by atoms with Crippen LogP contribution in [0.3, 0.4) is 0 Å². The Balaban J connectivity index is 0.00000341. The van der Waals surface area contributed by atoms with Gasteiger partial charge in [-0.3, -0.25) is 14.7 Å². The lowest BCUT2D eigenvalue weighted by Gasteiger charge is -2.38. The third-order valence-electron chi connectivity index (χ3n) is 6.00. The van der Waals surface area contributed by atoms with E-state index in [1.807, 2.05) is 17.2 Å². The van der Waals surface area contributed by atoms with Crippen LogP contribution in [0.5, 0.6) is 0 Å². The smallest absolute Gasteiger partial charge is 0.225 e. The Hall–Kier alpha value is -1.07. The number of nitrogens with zero attached hydrogens (tertiary/aromatic N) is 3. The monoisotopic (exact) mass is 563 g/mol. The van der Waals surface area contributed by atoms with E-state index >= 15 is 0 Å². The summed E-state index contributed by atoms with van der Waals surface area (Å²) in [6.07, 6.45) is 5.38. The van der Waals surface area contributed by atoms with E-state index in [0.29, 0.717) is 18.4 Å². The van der Waals surface area contributed by atoms with E-state index in [2.05, 4.69) is 20.5 Å². The molecule has 6 nitrogen and oxygen atoms in total. The van der Waals surface area contributed by atoms with Gasteiger partial charge >= 0.3 is 0 Å². The second-order valence-electron chi connectivity index (χ2n) is 7.99. The van der Waals surface area contributed by atoms with Crippen LogP contribution in [0.2, 0.25) is 0 Å². The lowest BCUT2D eigenvalue weighted by Crippen LogP contribution is -2.52. The molecule has 1 aliphatic carbocycles. The van der Waals surface area contributed by atoms with Gasteiger partial charge in [0.15, 0.2) is 5.96 Å². The fourth-order valence-corrected chi connectivity index (χ4v) is 4.47. The summed E-state index contributed by atoms with van der Waals surface area (Å²) in [5.41, 5.74) is 2.10. The van der Waals surface area contributed by atoms with Crippen molar-refractivity contribution in [3.05, 3.63) is 35.1 Å². The quantitative estimate of drug-likeness (QED) is 0.290. The molecule has 0 aromatic heterocycles. The number of piperazine rings is 1. The molecule has 0 atom stereocenters. The second kappa shape index (κ2) is 13.5. The number of thioether (sulfide) groups is 1. The first-order valence-electron chi connectivity index (χ1n) is 10.8. The van der Waals surface area contributed by atoms with Crippen LogP contribution in [0, 0.1) is 11.7 Å². The van der Waals surface area contributed by atoms with E-state index in [1.54, 1.807) is 24.9 Å². The van der Waals surface area contributed by atoms with Gasteiger partial charge in [-0.05, 0) is 42.4 Å². The van der Waals surface area contributed by atoms with Crippen LogP contribution in [-0.4, -0.2) is 74.2 Å². The molecule has 1 aliphatic heterocycles. The number of aliphatic imine (C=N–C) groups is 1. The Morgan fingerprint density at radius 1 is 1.19 bits per heavy atom. The molecule has 1 aromatic carbocycles. The first-order chi connectivity index (χ1) is 14.6. The van der Waals surface area contributed by atoms with Crippen molar-refractivity contribution in [3.63, 3.8) is 0 Å². The molecule has 2 fully saturated rings. The zero-order valence-corrected chi connectivity index (χ0v) is 21.7. The van der Waals surface area contributed by atoms with E-state index < -0.39 is 0 Å². The minimum Gasteiger partial charge on any atom is -0.355 e. The number of halogens is 2. The summed E-state index contributed by atoms with van der Waals surface area (Å²) < 4.78 is 13.5. The van der Waals surface area contributed by atoms with Crippen molar-refractivity contribution in [1.82, 2.24) is 20.4 Å². The first kappa shape index (κ1) is 26.2. The molecule has 0 unspecified atom stereocenters. The molecule has 31 heavy (non-hydrogen) atoms. The van der Waals surface area contributed by atoms with Gasteiger partial charge < -0.3 is 15.5 Å². The topological polar surface area (TPSA) is 60.0 Å². The predicted molar refractivity (Wildman–Crippen MR) is 138 cm³/mol. The number of carbonyl (C=O) groups is 1. The van der Waals surface area contributed by atoms with Gasteiger partial charge in [-0.25, -0.2) is 4.39 Å². The lowest BCUT2D eigenvalue weighted by molar-refractivity contribution is -0.139. The van der Waals surface area contributed by atoms with Gasteiger partial charge in [0.25, 0.3) is 0 Å². The first-order valence-corrected chi connectivity index (χ1v) is 12.2. The summed E-state index contributed by atoms with van der Waals surface area (Å²) in [6, 6.07) is 4.96. The molecule has 174 valence electrons. The van der Waals surface area contributed by atoms with Gasteiger partial charge in [-0.1, -0.05) is 12.5 Å². The Morgan fingerprint density at radius 2 is 1.94 bits per heavy atom. The second-order valence-corrected chi connectivity index (χ2v) is 8.86. The van der Waals surface area contributed by atoms with Crippen LogP contribution in [0.1, 0.15) is 30.4 Å². The fraction of sp³-hybridized carbons (Fsp3) is 0.636. The highest BCUT2D eigenvalue weighted by atomic mass is 127. The summed E-state index contributed by atoms with van der Waals surface area (Å²) in [4.78, 5) is 21.1. The van der Waals surface area contributed by atoms with Gasteiger partial charge in [0.1, 0.15) is 5.82 Å². The highest BCUT2D eigenvalue weighted by Crippen LogP contribution is 2.28. The molecular weight excluding hydrogens is 528 g/mol. The van der Waals surface area contributed by atoms with Gasteiger partial charge in [-0.2, -0.15) is 11.8 Å². The standard InChI is InChI=1S/C22H34FN5OS.HI/c1-24-22(26-15-18-6-7-20(23)14-19(18)16-30-2)25-8-9-27-10-12-28(13-11-27)21(29)17-4-3-5-17;/h6-7,14,17H,3-5,8-13,15-16H2,1-2H3,(H2,24,25,26);1H. The maximum absolute atomic E-state index is 13.5. The summed E-state index contributed by atoms with van der Waals surface area (Å²) in [5.74, 6) is 2.00. The van der Waals surface area contributed by atoms with Crippen molar-refractivity contribution in [2.75, 3.05) is 52.6 Å². The van der Waals surface area contributed by atoms with Gasteiger partial charge in [-0.15, -0.1) is 24.0 Å². The highest BCUT2D eigenvalue weighted by Gasteiger charge is 2.30. The summed E-state index contributed by atoms with van der Waals surface area (Å²) >= 11 is 1.68. The SMILES string of the molecule is CN=C(NCCN1CCN(C(=O)C2CCC2)CC1)NCc1ccc(F)cc1CSC.I. The Labute approximate surface area is 206 Å². The van der Waals surface area contributed by atoms with Crippen molar-refractivity contribution in [2.24, 2.45) is 10.9 Å². The normalized spacial score (nSPS) is 17.6. The minimum absolute atomic E-state index is 0. The van der Waals surface area contributed by atoms with Crippen molar-refractivity contribution in [1.29, 1.82) is 0 Å². The van der Waals surface area contributed by atoms with Crippen molar-refractivity contribution in [3.8, 4) is 0 Å². The van der Waals surface area contributed by atoms with E-state index in [4.69, 9.17) is 0 Å². The van der Waals surface area contributed by atoms with Crippen LogP contribution < -0.4 is 10.6 Å². The van der Waals surface area contributed by atoms with Crippen LogP contribution >= 0.6 is 35.7 Å². The van der Waals surface area contributed by atoms with E-state index in [0.717, 1.165) is 74.9 Å². The van der Waals surface area contributed by atoms with E-state index in [-0.39, 0.29) is 29.8 Å². The Kier molecular flexibility index (Phi) is 11.4. The Morgan fingerprint density at radius 3 is 2.55 bits per heavy atom. The van der Waals surface area contributed by atoms with E-state index in [9.17, 15) is 9.18 Å². The summed E-state index contributed by atoms with van der Waals surface area (Å²) in [6.45, 7) is 5.85. The van der Waals surface area contributed by atoms with Crippen LogP contribution in [-0.2, 0) is 17.1 Å². The van der Waals surface area contributed by atoms with Crippen molar-refractivity contribution in [2.45, 2.75) is 31.6 Å². The molecule has 0 spiro atoms. The molecule has 1 saturated carbocycles. The zero-order chi connectivity index (χ0) is 21.3. The molecule has 0 bridgehead atoms. The summed E-state index contributed by atoms with van der Waals surface area (Å²) in [5, 5.41) is 6.68. The summed E-state index contributed by atoms with van der Waals surface area (Å²) in [7, 11) is 1.76. The molecule has 2 aliphatic rings. The van der Waals surface area contributed by atoms with Crippen LogP contribution in [0.15, 0.2) is 23.2 Å². The number of hydrogen-bond acceptors (Lipinski definition) is 4.